The first-order chi connectivity index (χ1) is 11.5. The predicted molar refractivity (Wildman–Crippen MR) is 86.0 cm³/mol. The van der Waals surface area contributed by atoms with Crippen molar-refractivity contribution in [1.82, 2.24) is 20.3 Å². The molecule has 24 heavy (non-hydrogen) atoms. The Morgan fingerprint density at radius 1 is 1.33 bits per heavy atom. The lowest BCUT2D eigenvalue weighted by Gasteiger charge is -2.14. The van der Waals surface area contributed by atoms with Gasteiger partial charge >= 0.3 is 5.97 Å². The van der Waals surface area contributed by atoms with Gasteiger partial charge in [-0.2, -0.15) is 0 Å². The van der Waals surface area contributed by atoms with Gasteiger partial charge in [0.05, 0.1) is 12.7 Å². The topological polar surface area (TPSA) is 106 Å². The Hall–Kier alpha value is -2.90. The van der Waals surface area contributed by atoms with Gasteiger partial charge < -0.3 is 15.2 Å². The van der Waals surface area contributed by atoms with Crippen LogP contribution in [0.3, 0.4) is 0 Å². The van der Waals surface area contributed by atoms with Crippen molar-refractivity contribution in [2.45, 2.75) is 26.3 Å². The van der Waals surface area contributed by atoms with Crippen LogP contribution in [0.25, 0.3) is 0 Å². The lowest BCUT2D eigenvalue weighted by molar-refractivity contribution is -0.122. The lowest BCUT2D eigenvalue weighted by Crippen LogP contribution is -2.31. The Bertz CT molecular complexity index is 712. The monoisotopic (exact) mass is 332 g/mol. The van der Waals surface area contributed by atoms with Crippen LogP contribution in [0.5, 0.6) is 5.75 Å². The number of nitrogens with zero attached hydrogens (tertiary/aromatic N) is 3. The van der Waals surface area contributed by atoms with Crippen LogP contribution in [-0.4, -0.2) is 45.1 Å². The first-order valence-corrected chi connectivity index (χ1v) is 7.59. The van der Waals surface area contributed by atoms with Gasteiger partial charge in [0.15, 0.2) is 5.69 Å². The highest BCUT2D eigenvalue weighted by molar-refractivity contribution is 5.84. The zero-order valence-electron chi connectivity index (χ0n) is 13.6. The molecule has 2 N–H and O–H groups in total. The minimum atomic E-state index is -1.18. The third-order valence-corrected chi connectivity index (χ3v) is 3.29. The second-order valence-electron chi connectivity index (χ2n) is 5.50. The number of carbonyl (C=O) groups is 2. The number of rotatable bonds is 8. The molecule has 1 amide bonds. The molecule has 1 heterocycles. The third kappa shape index (κ3) is 4.80. The number of aromatic nitrogens is 3. The molecular weight excluding hydrogens is 312 g/mol. The molecule has 0 radical (unpaired) electrons. The minimum Gasteiger partial charge on any atom is -0.491 e. The van der Waals surface area contributed by atoms with Gasteiger partial charge in [0.2, 0.25) is 5.91 Å². The average molecular weight is 332 g/mol. The summed E-state index contributed by atoms with van der Waals surface area (Å²) in [5.74, 6) is -0.313. The van der Waals surface area contributed by atoms with Gasteiger partial charge in [0, 0.05) is 0 Å². The van der Waals surface area contributed by atoms with Crippen LogP contribution in [0.2, 0.25) is 0 Å². The molecule has 0 unspecified atom stereocenters. The molecule has 0 spiro atoms. The Labute approximate surface area is 139 Å². The summed E-state index contributed by atoms with van der Waals surface area (Å²) in [6.45, 7) is 4.77. The second-order valence-corrected chi connectivity index (χ2v) is 5.50. The fourth-order valence-electron chi connectivity index (χ4n) is 2.12. The molecule has 0 saturated carbocycles. The minimum absolute atomic E-state index is 0.0944. The lowest BCUT2D eigenvalue weighted by atomic mass is 10.0. The number of hydrogen-bond acceptors (Lipinski definition) is 5. The van der Waals surface area contributed by atoms with E-state index in [1.54, 1.807) is 0 Å². The number of ether oxygens (including phenoxy) is 1. The number of nitrogens with one attached hydrogen (secondary N) is 1. The predicted octanol–water partition coefficient (Wildman–Crippen LogP) is 1.29. The zero-order valence-corrected chi connectivity index (χ0v) is 13.6. The fourth-order valence-corrected chi connectivity index (χ4v) is 2.12. The van der Waals surface area contributed by atoms with E-state index in [0.29, 0.717) is 19.1 Å². The van der Waals surface area contributed by atoms with Crippen LogP contribution in [0, 0.1) is 0 Å². The molecule has 1 aromatic heterocycles. The molecular formula is C16H20N4O4. The van der Waals surface area contributed by atoms with E-state index in [2.05, 4.69) is 29.5 Å². The normalized spacial score (nSPS) is 10.6. The summed E-state index contributed by atoms with van der Waals surface area (Å²) in [6, 6.07) is 7.79. The summed E-state index contributed by atoms with van der Waals surface area (Å²) in [5.41, 5.74) is 0.920. The van der Waals surface area contributed by atoms with Crippen LogP contribution < -0.4 is 10.1 Å². The van der Waals surface area contributed by atoms with Gasteiger partial charge in [-0.1, -0.05) is 37.3 Å². The van der Waals surface area contributed by atoms with Gasteiger partial charge in [-0.25, -0.2) is 9.48 Å². The fraction of sp³-hybridized carbons (Fsp3) is 0.375. The summed E-state index contributed by atoms with van der Waals surface area (Å²) in [7, 11) is 0. The smallest absolute Gasteiger partial charge is 0.358 e. The Morgan fingerprint density at radius 3 is 2.75 bits per heavy atom. The molecule has 0 aliphatic carbocycles. The van der Waals surface area contributed by atoms with E-state index in [0.717, 1.165) is 11.3 Å². The van der Waals surface area contributed by atoms with Gasteiger partial charge in [-0.15, -0.1) is 5.10 Å². The van der Waals surface area contributed by atoms with Gasteiger partial charge in [0.25, 0.3) is 0 Å². The highest BCUT2D eigenvalue weighted by atomic mass is 16.5. The van der Waals surface area contributed by atoms with Crippen LogP contribution in [0.4, 0.5) is 0 Å². The number of benzene rings is 1. The quantitative estimate of drug-likeness (QED) is 0.706. The summed E-state index contributed by atoms with van der Waals surface area (Å²) < 4.78 is 6.88. The van der Waals surface area contributed by atoms with Gasteiger partial charge in [0.1, 0.15) is 18.9 Å². The maximum absolute atomic E-state index is 11.8. The van der Waals surface area contributed by atoms with E-state index < -0.39 is 5.97 Å². The van der Waals surface area contributed by atoms with Crippen LogP contribution in [-0.2, 0) is 11.3 Å². The molecule has 0 atom stereocenters. The van der Waals surface area contributed by atoms with Crippen molar-refractivity contribution >= 4 is 11.9 Å². The number of hydrogen-bond donors (Lipinski definition) is 2. The summed E-state index contributed by atoms with van der Waals surface area (Å²) in [6.07, 6.45) is 1.21. The molecule has 128 valence electrons. The first kappa shape index (κ1) is 17.5. The van der Waals surface area contributed by atoms with Crippen molar-refractivity contribution in [2.75, 3.05) is 13.2 Å². The SMILES string of the molecule is CC(C)c1ccccc1OCCNC(=O)Cn1cc(C(=O)O)nn1. The van der Waals surface area contributed by atoms with E-state index in [-0.39, 0.29) is 18.1 Å². The molecule has 0 bridgehead atoms. The van der Waals surface area contributed by atoms with Crippen molar-refractivity contribution in [3.63, 3.8) is 0 Å². The number of carboxylic acids is 1. The summed E-state index contributed by atoms with van der Waals surface area (Å²) in [5, 5.41) is 18.4. The van der Waals surface area contributed by atoms with Crippen molar-refractivity contribution in [2.24, 2.45) is 0 Å². The van der Waals surface area contributed by atoms with E-state index in [1.807, 2.05) is 24.3 Å². The summed E-state index contributed by atoms with van der Waals surface area (Å²) >= 11 is 0. The standard InChI is InChI=1S/C16H20N4O4/c1-11(2)12-5-3-4-6-14(12)24-8-7-17-15(21)10-20-9-13(16(22)23)18-19-20/h3-6,9,11H,7-8,10H2,1-2H3,(H,17,21)(H,22,23). The van der Waals surface area contributed by atoms with Crippen LogP contribution in [0.1, 0.15) is 35.8 Å². The van der Waals surface area contributed by atoms with E-state index in [4.69, 9.17) is 9.84 Å². The van der Waals surface area contributed by atoms with Crippen LogP contribution in [0.15, 0.2) is 30.5 Å². The molecule has 8 heteroatoms. The largest absolute Gasteiger partial charge is 0.491 e. The molecule has 2 aromatic rings. The van der Waals surface area contributed by atoms with Crippen molar-refractivity contribution < 1.29 is 19.4 Å². The first-order valence-electron chi connectivity index (χ1n) is 7.59. The van der Waals surface area contributed by atoms with Crippen molar-refractivity contribution in [3.8, 4) is 5.75 Å². The molecule has 0 aliphatic rings. The van der Waals surface area contributed by atoms with E-state index >= 15 is 0 Å². The van der Waals surface area contributed by atoms with E-state index in [9.17, 15) is 9.59 Å². The van der Waals surface area contributed by atoms with Crippen LogP contribution >= 0.6 is 0 Å². The number of amides is 1. The molecule has 0 aliphatic heterocycles. The van der Waals surface area contributed by atoms with Crippen molar-refractivity contribution in [1.29, 1.82) is 0 Å². The highest BCUT2D eigenvalue weighted by Gasteiger charge is 2.11. The number of para-hydroxylation sites is 1. The maximum atomic E-state index is 11.8. The third-order valence-electron chi connectivity index (χ3n) is 3.29. The Balaban J connectivity index is 1.76. The van der Waals surface area contributed by atoms with Crippen molar-refractivity contribution in [3.05, 3.63) is 41.7 Å². The molecule has 0 fully saturated rings. The number of aromatic carboxylic acids is 1. The van der Waals surface area contributed by atoms with E-state index in [1.165, 1.54) is 10.9 Å². The Morgan fingerprint density at radius 2 is 2.08 bits per heavy atom. The Kier molecular flexibility index (Phi) is 5.89. The average Bonchev–Trinajstić information content (AvgIpc) is 3.00. The highest BCUT2D eigenvalue weighted by Crippen LogP contribution is 2.25. The second kappa shape index (κ2) is 8.09. The zero-order chi connectivity index (χ0) is 17.5. The molecule has 8 nitrogen and oxygen atoms in total. The maximum Gasteiger partial charge on any atom is 0.358 e. The van der Waals surface area contributed by atoms with Gasteiger partial charge in [-0.3, -0.25) is 4.79 Å². The molecule has 0 saturated heterocycles. The summed E-state index contributed by atoms with van der Waals surface area (Å²) in [4.78, 5) is 22.5. The van der Waals surface area contributed by atoms with Gasteiger partial charge in [-0.05, 0) is 17.5 Å². The number of carboxylic acid groups (broad SMARTS) is 1. The molecule has 2 rings (SSSR count). The number of carbonyl (C=O) groups excluding carboxylic acids is 1. The molecule has 1 aromatic carbocycles.